The highest BCUT2D eigenvalue weighted by Crippen LogP contribution is 2.33. The van der Waals surface area contributed by atoms with Crippen LogP contribution in [0.25, 0.3) is 0 Å². The van der Waals surface area contributed by atoms with E-state index < -0.39 is 0 Å². The minimum absolute atomic E-state index is 0.527. The molecule has 92 valence electrons. The number of hydrogen-bond acceptors (Lipinski definition) is 4. The van der Waals surface area contributed by atoms with Crippen molar-refractivity contribution in [2.45, 2.75) is 26.3 Å². The predicted molar refractivity (Wildman–Crippen MR) is 67.8 cm³/mol. The zero-order valence-electron chi connectivity index (χ0n) is 10.5. The highest BCUT2D eigenvalue weighted by Gasteiger charge is 2.28. The maximum absolute atomic E-state index is 5.84. The lowest BCUT2D eigenvalue weighted by Gasteiger charge is -2.35. The van der Waals surface area contributed by atoms with Gasteiger partial charge >= 0.3 is 0 Å². The van der Waals surface area contributed by atoms with E-state index in [0.717, 1.165) is 49.9 Å². The SMILES string of the molecule is Cc1cc2c(nc1C)N1CCNC[C@@H]1CCO2. The lowest BCUT2D eigenvalue weighted by molar-refractivity contribution is 0.303. The zero-order chi connectivity index (χ0) is 11.8. The van der Waals surface area contributed by atoms with Crippen LogP contribution < -0.4 is 15.0 Å². The summed E-state index contributed by atoms with van der Waals surface area (Å²) in [6.07, 6.45) is 1.07. The molecule has 4 nitrogen and oxygen atoms in total. The van der Waals surface area contributed by atoms with Gasteiger partial charge in [0.25, 0.3) is 0 Å². The van der Waals surface area contributed by atoms with Crippen molar-refractivity contribution in [1.29, 1.82) is 0 Å². The third kappa shape index (κ3) is 1.86. The van der Waals surface area contributed by atoms with E-state index in [2.05, 4.69) is 30.1 Å². The average Bonchev–Trinajstić information content (AvgIpc) is 2.50. The van der Waals surface area contributed by atoms with Gasteiger partial charge in [0.1, 0.15) is 0 Å². The van der Waals surface area contributed by atoms with Gasteiger partial charge in [-0.1, -0.05) is 0 Å². The van der Waals surface area contributed by atoms with Crippen molar-refractivity contribution in [1.82, 2.24) is 10.3 Å². The molecule has 0 aromatic carbocycles. The van der Waals surface area contributed by atoms with E-state index in [1.54, 1.807) is 0 Å². The Kier molecular flexibility index (Phi) is 2.67. The van der Waals surface area contributed by atoms with Gasteiger partial charge in [-0.05, 0) is 25.5 Å². The Labute approximate surface area is 102 Å². The third-order valence-corrected chi connectivity index (χ3v) is 3.74. The summed E-state index contributed by atoms with van der Waals surface area (Å²) in [5, 5.41) is 3.44. The van der Waals surface area contributed by atoms with Crippen molar-refractivity contribution in [3.63, 3.8) is 0 Å². The largest absolute Gasteiger partial charge is 0.490 e. The topological polar surface area (TPSA) is 37.4 Å². The molecule has 1 fully saturated rings. The van der Waals surface area contributed by atoms with Gasteiger partial charge in [-0.3, -0.25) is 0 Å². The van der Waals surface area contributed by atoms with Crippen molar-refractivity contribution in [3.05, 3.63) is 17.3 Å². The fourth-order valence-electron chi connectivity index (χ4n) is 2.58. The molecule has 0 unspecified atom stereocenters. The third-order valence-electron chi connectivity index (χ3n) is 3.74. The Morgan fingerprint density at radius 1 is 1.47 bits per heavy atom. The number of fused-ring (bicyclic) bond motifs is 3. The van der Waals surface area contributed by atoms with Crippen molar-refractivity contribution < 1.29 is 4.74 Å². The van der Waals surface area contributed by atoms with Gasteiger partial charge < -0.3 is 15.0 Å². The minimum Gasteiger partial charge on any atom is -0.490 e. The van der Waals surface area contributed by atoms with Gasteiger partial charge in [0.2, 0.25) is 0 Å². The molecule has 0 aliphatic carbocycles. The van der Waals surface area contributed by atoms with E-state index in [4.69, 9.17) is 9.72 Å². The molecule has 0 amide bonds. The number of anilines is 1. The maximum atomic E-state index is 5.84. The Hall–Kier alpha value is -1.29. The first-order chi connectivity index (χ1) is 8.25. The molecule has 1 N–H and O–H groups in total. The summed E-state index contributed by atoms with van der Waals surface area (Å²) < 4.78 is 5.84. The maximum Gasteiger partial charge on any atom is 0.171 e. The van der Waals surface area contributed by atoms with E-state index >= 15 is 0 Å². The highest BCUT2D eigenvalue weighted by atomic mass is 16.5. The quantitative estimate of drug-likeness (QED) is 0.732. The molecule has 2 aliphatic heterocycles. The zero-order valence-corrected chi connectivity index (χ0v) is 10.5. The van der Waals surface area contributed by atoms with E-state index in [0.29, 0.717) is 6.04 Å². The summed E-state index contributed by atoms with van der Waals surface area (Å²) in [6.45, 7) is 8.04. The molecule has 2 aliphatic rings. The smallest absolute Gasteiger partial charge is 0.171 e. The summed E-state index contributed by atoms with van der Waals surface area (Å²) in [5.74, 6) is 2.00. The number of aryl methyl sites for hydroxylation is 2. The van der Waals surface area contributed by atoms with Crippen LogP contribution in [-0.2, 0) is 0 Å². The average molecular weight is 233 g/mol. The predicted octanol–water partition coefficient (Wildman–Crippen LogP) is 1.26. The van der Waals surface area contributed by atoms with Crippen LogP contribution in [0.5, 0.6) is 5.75 Å². The summed E-state index contributed by atoms with van der Waals surface area (Å²) in [7, 11) is 0. The number of piperazine rings is 1. The number of pyridine rings is 1. The lowest BCUT2D eigenvalue weighted by Crippen LogP contribution is -2.51. The van der Waals surface area contributed by atoms with Crippen molar-refractivity contribution in [2.75, 3.05) is 31.1 Å². The monoisotopic (exact) mass is 233 g/mol. The van der Waals surface area contributed by atoms with Gasteiger partial charge in [0, 0.05) is 37.8 Å². The molecule has 0 saturated carbocycles. The van der Waals surface area contributed by atoms with E-state index in [1.165, 1.54) is 5.56 Å². The van der Waals surface area contributed by atoms with Gasteiger partial charge in [0.05, 0.1) is 6.61 Å². The molecule has 1 saturated heterocycles. The van der Waals surface area contributed by atoms with Crippen molar-refractivity contribution in [3.8, 4) is 5.75 Å². The van der Waals surface area contributed by atoms with Crippen LogP contribution in [0.3, 0.4) is 0 Å². The molecule has 0 radical (unpaired) electrons. The first-order valence-corrected chi connectivity index (χ1v) is 6.34. The molecule has 1 atom stereocenters. The number of aromatic nitrogens is 1. The molecular formula is C13H19N3O. The van der Waals surface area contributed by atoms with E-state index in [-0.39, 0.29) is 0 Å². The van der Waals surface area contributed by atoms with E-state index in [9.17, 15) is 0 Å². The van der Waals surface area contributed by atoms with Crippen LogP contribution in [0.2, 0.25) is 0 Å². The number of nitrogens with one attached hydrogen (secondary N) is 1. The van der Waals surface area contributed by atoms with Crippen molar-refractivity contribution >= 4 is 5.82 Å². The van der Waals surface area contributed by atoms with Crippen LogP contribution in [0, 0.1) is 13.8 Å². The molecular weight excluding hydrogens is 214 g/mol. The van der Waals surface area contributed by atoms with Crippen LogP contribution in [0.15, 0.2) is 6.07 Å². The minimum atomic E-state index is 0.527. The number of ether oxygens (including phenoxy) is 1. The van der Waals surface area contributed by atoms with Gasteiger partial charge in [-0.25, -0.2) is 4.98 Å². The Bertz CT molecular complexity index is 433. The van der Waals surface area contributed by atoms with Gasteiger partial charge in [-0.15, -0.1) is 0 Å². The second kappa shape index (κ2) is 4.18. The number of rotatable bonds is 0. The second-order valence-corrected chi connectivity index (χ2v) is 4.90. The molecule has 4 heteroatoms. The summed E-state index contributed by atoms with van der Waals surface area (Å²) >= 11 is 0. The van der Waals surface area contributed by atoms with Crippen LogP contribution in [0.1, 0.15) is 17.7 Å². The lowest BCUT2D eigenvalue weighted by atomic mass is 10.1. The fraction of sp³-hybridized carbons (Fsp3) is 0.615. The highest BCUT2D eigenvalue weighted by molar-refractivity contribution is 5.56. The first-order valence-electron chi connectivity index (χ1n) is 6.34. The summed E-state index contributed by atoms with van der Waals surface area (Å²) in [4.78, 5) is 7.14. The standard InChI is InChI=1S/C13H19N3O/c1-9-7-12-13(15-10(9)2)16-5-4-14-8-11(16)3-6-17-12/h7,11,14H,3-6,8H2,1-2H3/t11-/m0/s1. The first kappa shape index (κ1) is 10.8. The van der Waals surface area contributed by atoms with E-state index in [1.807, 2.05) is 0 Å². The molecule has 0 bridgehead atoms. The second-order valence-electron chi connectivity index (χ2n) is 4.90. The van der Waals surface area contributed by atoms with Crippen LogP contribution >= 0.6 is 0 Å². The molecule has 3 rings (SSSR count). The van der Waals surface area contributed by atoms with Crippen LogP contribution in [0.4, 0.5) is 5.82 Å². The Morgan fingerprint density at radius 3 is 3.24 bits per heavy atom. The number of hydrogen-bond donors (Lipinski definition) is 1. The van der Waals surface area contributed by atoms with Crippen molar-refractivity contribution in [2.24, 2.45) is 0 Å². The molecule has 17 heavy (non-hydrogen) atoms. The molecule has 1 aromatic heterocycles. The molecule has 1 aromatic rings. The summed E-state index contributed by atoms with van der Waals surface area (Å²) in [6, 6.07) is 2.65. The Morgan fingerprint density at radius 2 is 2.35 bits per heavy atom. The fourth-order valence-corrected chi connectivity index (χ4v) is 2.58. The normalized spacial score (nSPS) is 23.4. The van der Waals surface area contributed by atoms with Crippen LogP contribution in [-0.4, -0.2) is 37.3 Å². The van der Waals surface area contributed by atoms with Gasteiger partial charge in [0.15, 0.2) is 11.6 Å². The van der Waals surface area contributed by atoms with Gasteiger partial charge in [-0.2, -0.15) is 0 Å². The Balaban J connectivity index is 2.05. The number of nitrogens with zero attached hydrogens (tertiary/aromatic N) is 2. The molecule has 0 spiro atoms. The molecule has 3 heterocycles. The summed E-state index contributed by atoms with van der Waals surface area (Å²) in [5.41, 5.74) is 2.31.